The Bertz CT molecular complexity index is 138. The van der Waals surface area contributed by atoms with Crippen molar-refractivity contribution in [3.63, 3.8) is 0 Å². The van der Waals surface area contributed by atoms with Crippen LogP contribution in [0.1, 0.15) is 27.7 Å². The number of aliphatic hydroxyl groups excluding tert-OH is 1. The lowest BCUT2D eigenvalue weighted by atomic mass is 10.1. The molecule has 3 heteroatoms. The van der Waals surface area contributed by atoms with Gasteiger partial charge < -0.3 is 10.0 Å². The molecule has 0 aliphatic carbocycles. The molecule has 11 heavy (non-hydrogen) atoms. The molecule has 0 fully saturated rings. The van der Waals surface area contributed by atoms with Crippen LogP contribution in [0, 0.1) is 0 Å². The van der Waals surface area contributed by atoms with Crippen molar-refractivity contribution in [2.75, 3.05) is 13.2 Å². The van der Waals surface area contributed by atoms with E-state index < -0.39 is 0 Å². The molecular weight excluding hydrogens is 142 g/mol. The van der Waals surface area contributed by atoms with E-state index in [1.807, 2.05) is 20.8 Å². The standard InChI is InChI=1S/C8H17NO2/c1-7(11)9(5-6-10)8(2,3)4/h10H,5-6H2,1-4H3. The van der Waals surface area contributed by atoms with Gasteiger partial charge in [-0.3, -0.25) is 4.79 Å². The Morgan fingerprint density at radius 3 is 2.00 bits per heavy atom. The van der Waals surface area contributed by atoms with Gasteiger partial charge in [-0.05, 0) is 20.8 Å². The van der Waals surface area contributed by atoms with Gasteiger partial charge >= 0.3 is 0 Å². The molecule has 0 aromatic carbocycles. The summed E-state index contributed by atoms with van der Waals surface area (Å²) < 4.78 is 0. The molecular formula is C8H17NO2. The number of carbonyl (C=O) groups is 1. The summed E-state index contributed by atoms with van der Waals surface area (Å²) in [4.78, 5) is 12.6. The van der Waals surface area contributed by atoms with Crippen LogP contribution in [0.4, 0.5) is 0 Å². The van der Waals surface area contributed by atoms with Gasteiger partial charge in [-0.15, -0.1) is 0 Å². The third-order valence-corrected chi connectivity index (χ3v) is 1.51. The number of nitrogens with zero attached hydrogens (tertiary/aromatic N) is 1. The van der Waals surface area contributed by atoms with E-state index in [0.29, 0.717) is 6.54 Å². The minimum absolute atomic E-state index is 0.00606. The molecule has 1 amide bonds. The lowest BCUT2D eigenvalue weighted by molar-refractivity contribution is -0.134. The van der Waals surface area contributed by atoms with Crippen LogP contribution in [-0.4, -0.2) is 34.6 Å². The molecule has 0 atom stereocenters. The number of aliphatic hydroxyl groups is 1. The van der Waals surface area contributed by atoms with Crippen molar-refractivity contribution in [2.45, 2.75) is 33.2 Å². The molecule has 0 rings (SSSR count). The molecule has 1 N–H and O–H groups in total. The lowest BCUT2D eigenvalue weighted by Gasteiger charge is -2.34. The topological polar surface area (TPSA) is 40.5 Å². The summed E-state index contributed by atoms with van der Waals surface area (Å²) in [7, 11) is 0. The minimum Gasteiger partial charge on any atom is -0.395 e. The van der Waals surface area contributed by atoms with Crippen LogP contribution in [0.15, 0.2) is 0 Å². The molecule has 0 unspecified atom stereocenters. The lowest BCUT2D eigenvalue weighted by Crippen LogP contribution is -2.45. The minimum atomic E-state index is -0.186. The number of carbonyl (C=O) groups excluding carboxylic acids is 1. The van der Waals surface area contributed by atoms with E-state index >= 15 is 0 Å². The summed E-state index contributed by atoms with van der Waals surface area (Å²) >= 11 is 0. The first-order valence-corrected chi connectivity index (χ1v) is 3.78. The molecule has 0 saturated carbocycles. The van der Waals surface area contributed by atoms with E-state index in [9.17, 15) is 4.79 Å². The first kappa shape index (κ1) is 10.4. The van der Waals surface area contributed by atoms with Gasteiger partial charge in [0.05, 0.1) is 6.61 Å². The van der Waals surface area contributed by atoms with Crippen molar-refractivity contribution in [2.24, 2.45) is 0 Å². The normalized spacial score (nSPS) is 11.4. The summed E-state index contributed by atoms with van der Waals surface area (Å²) in [6, 6.07) is 0. The van der Waals surface area contributed by atoms with Gasteiger partial charge in [-0.25, -0.2) is 0 Å². The molecule has 0 aromatic heterocycles. The zero-order chi connectivity index (χ0) is 9.07. The second-order valence-electron chi connectivity index (χ2n) is 3.57. The third-order valence-electron chi connectivity index (χ3n) is 1.51. The molecule has 0 aromatic rings. The highest BCUT2D eigenvalue weighted by Gasteiger charge is 2.22. The monoisotopic (exact) mass is 159 g/mol. The van der Waals surface area contributed by atoms with Crippen LogP contribution in [-0.2, 0) is 4.79 Å². The van der Waals surface area contributed by atoms with Gasteiger partial charge in [0.2, 0.25) is 5.91 Å². The first-order valence-electron chi connectivity index (χ1n) is 3.78. The SMILES string of the molecule is CC(=O)N(CCO)C(C)(C)C. The third kappa shape index (κ3) is 3.37. The van der Waals surface area contributed by atoms with E-state index in [4.69, 9.17) is 5.11 Å². The van der Waals surface area contributed by atoms with Crippen LogP contribution in [0.2, 0.25) is 0 Å². The zero-order valence-electron chi connectivity index (χ0n) is 7.72. The fourth-order valence-corrected chi connectivity index (χ4v) is 1.07. The molecule has 0 aliphatic heterocycles. The van der Waals surface area contributed by atoms with Gasteiger partial charge in [0.1, 0.15) is 0 Å². The van der Waals surface area contributed by atoms with E-state index in [-0.39, 0.29) is 18.1 Å². The van der Waals surface area contributed by atoms with Crippen molar-refractivity contribution >= 4 is 5.91 Å². The van der Waals surface area contributed by atoms with Crippen LogP contribution >= 0.6 is 0 Å². The van der Waals surface area contributed by atoms with Gasteiger partial charge in [-0.1, -0.05) is 0 Å². The molecule has 66 valence electrons. The van der Waals surface area contributed by atoms with Gasteiger partial charge in [0.25, 0.3) is 0 Å². The zero-order valence-corrected chi connectivity index (χ0v) is 7.72. The highest BCUT2D eigenvalue weighted by Crippen LogP contribution is 2.12. The Morgan fingerprint density at radius 1 is 1.45 bits per heavy atom. The van der Waals surface area contributed by atoms with E-state index in [1.54, 1.807) is 4.90 Å². The summed E-state index contributed by atoms with van der Waals surface area (Å²) in [6.07, 6.45) is 0. The smallest absolute Gasteiger partial charge is 0.219 e. The molecule has 0 heterocycles. The Kier molecular flexibility index (Phi) is 3.52. The Labute approximate surface area is 68.0 Å². The maximum Gasteiger partial charge on any atom is 0.219 e. The second kappa shape index (κ2) is 3.72. The number of hydrogen-bond acceptors (Lipinski definition) is 2. The summed E-state index contributed by atoms with van der Waals surface area (Å²) in [5.74, 6) is 0.00606. The molecule has 0 radical (unpaired) electrons. The second-order valence-corrected chi connectivity index (χ2v) is 3.57. The maximum atomic E-state index is 11.0. The van der Waals surface area contributed by atoms with Gasteiger partial charge in [0, 0.05) is 19.0 Å². The average molecular weight is 159 g/mol. The number of β-amino-alcohol motifs (C(OH)–C–C–N with tert-alkyl or cyclic N) is 1. The maximum absolute atomic E-state index is 11.0. The van der Waals surface area contributed by atoms with Crippen LogP contribution in [0.5, 0.6) is 0 Å². The predicted octanol–water partition coefficient (Wildman–Crippen LogP) is 0.626. The first-order chi connectivity index (χ1) is 4.89. The molecule has 0 aliphatic rings. The molecule has 0 spiro atoms. The summed E-state index contributed by atoms with van der Waals surface area (Å²) in [6.45, 7) is 7.80. The quantitative estimate of drug-likeness (QED) is 0.642. The highest BCUT2D eigenvalue weighted by atomic mass is 16.3. The van der Waals surface area contributed by atoms with Crippen LogP contribution in [0.25, 0.3) is 0 Å². The molecule has 0 saturated heterocycles. The Hall–Kier alpha value is -0.570. The largest absolute Gasteiger partial charge is 0.395 e. The van der Waals surface area contributed by atoms with Crippen molar-refractivity contribution < 1.29 is 9.90 Å². The van der Waals surface area contributed by atoms with Crippen LogP contribution < -0.4 is 0 Å². The predicted molar refractivity (Wildman–Crippen MR) is 44.2 cm³/mol. The highest BCUT2D eigenvalue weighted by molar-refractivity contribution is 5.74. The van der Waals surface area contributed by atoms with Crippen molar-refractivity contribution in [1.82, 2.24) is 4.90 Å². The number of amides is 1. The molecule has 3 nitrogen and oxygen atoms in total. The van der Waals surface area contributed by atoms with Gasteiger partial charge in [-0.2, -0.15) is 0 Å². The fraction of sp³-hybridized carbons (Fsp3) is 0.875. The fourth-order valence-electron chi connectivity index (χ4n) is 1.07. The summed E-state index contributed by atoms with van der Waals surface area (Å²) in [5.41, 5.74) is -0.186. The van der Waals surface area contributed by atoms with Gasteiger partial charge in [0.15, 0.2) is 0 Å². The van der Waals surface area contributed by atoms with Crippen molar-refractivity contribution in [3.8, 4) is 0 Å². The average Bonchev–Trinajstić information content (AvgIpc) is 1.79. The number of hydrogen-bond donors (Lipinski definition) is 1. The van der Waals surface area contributed by atoms with E-state index in [0.717, 1.165) is 0 Å². The Morgan fingerprint density at radius 2 is 1.91 bits per heavy atom. The van der Waals surface area contributed by atoms with Crippen molar-refractivity contribution in [1.29, 1.82) is 0 Å². The van der Waals surface area contributed by atoms with E-state index in [2.05, 4.69) is 0 Å². The summed E-state index contributed by atoms with van der Waals surface area (Å²) in [5, 5.41) is 8.66. The van der Waals surface area contributed by atoms with E-state index in [1.165, 1.54) is 6.92 Å². The Balaban J connectivity index is 4.22. The number of rotatable bonds is 2. The molecule has 0 bridgehead atoms. The van der Waals surface area contributed by atoms with Crippen molar-refractivity contribution in [3.05, 3.63) is 0 Å². The van der Waals surface area contributed by atoms with Crippen LogP contribution in [0.3, 0.4) is 0 Å².